The van der Waals surface area contributed by atoms with Crippen LogP contribution in [0.15, 0.2) is 47.7 Å². The lowest BCUT2D eigenvalue weighted by Crippen LogP contribution is -2.35. The summed E-state index contributed by atoms with van der Waals surface area (Å²) >= 11 is 0. The second kappa shape index (κ2) is 7.16. The molecule has 0 aliphatic carbocycles. The van der Waals surface area contributed by atoms with Crippen LogP contribution in [0.1, 0.15) is 22.5 Å². The Morgan fingerprint density at radius 2 is 1.93 bits per heavy atom. The Morgan fingerprint density at radius 1 is 1.14 bits per heavy atom. The third kappa shape index (κ3) is 3.79. The average molecular weight is 387 g/mol. The molecule has 1 aliphatic rings. The van der Waals surface area contributed by atoms with Crippen LogP contribution in [0.2, 0.25) is 0 Å². The largest absolute Gasteiger partial charge is 0.433 e. The van der Waals surface area contributed by atoms with Crippen molar-refractivity contribution in [3.63, 3.8) is 0 Å². The maximum atomic E-state index is 12.6. The number of nitrogens with one attached hydrogen (secondary N) is 1. The molecule has 3 aromatic heterocycles. The standard InChI is InChI=1S/C19H16F3N5O/c20-19(21,22)16-2-1-12(9-24-16)10-27-8-5-14-15(11-27)25-17(26-18(14)28)13-3-6-23-7-4-13/h1-4,6-7,9H,5,8,10-11H2,(H,25,26,28). The summed E-state index contributed by atoms with van der Waals surface area (Å²) in [4.78, 5) is 29.3. The Morgan fingerprint density at radius 3 is 2.61 bits per heavy atom. The highest BCUT2D eigenvalue weighted by Gasteiger charge is 2.32. The first kappa shape index (κ1) is 18.3. The third-order valence-electron chi connectivity index (χ3n) is 4.63. The molecule has 0 atom stereocenters. The lowest BCUT2D eigenvalue weighted by Gasteiger charge is -2.27. The van der Waals surface area contributed by atoms with Crippen LogP contribution in [0.5, 0.6) is 0 Å². The molecule has 4 heterocycles. The second-order valence-corrected chi connectivity index (χ2v) is 6.59. The molecule has 0 unspecified atom stereocenters. The molecule has 9 heteroatoms. The summed E-state index contributed by atoms with van der Waals surface area (Å²) in [6, 6.07) is 5.94. The van der Waals surface area contributed by atoms with E-state index in [0.29, 0.717) is 48.7 Å². The molecule has 0 saturated carbocycles. The van der Waals surface area contributed by atoms with Crippen molar-refractivity contribution in [3.8, 4) is 11.4 Å². The van der Waals surface area contributed by atoms with Crippen molar-refractivity contribution in [2.75, 3.05) is 6.54 Å². The number of halogens is 3. The van der Waals surface area contributed by atoms with Crippen LogP contribution in [0.3, 0.4) is 0 Å². The number of hydrogen-bond donors (Lipinski definition) is 1. The van der Waals surface area contributed by atoms with Gasteiger partial charge in [-0.25, -0.2) is 4.98 Å². The molecule has 0 saturated heterocycles. The number of aromatic amines is 1. The number of fused-ring (bicyclic) bond motifs is 1. The number of rotatable bonds is 3. The molecule has 0 aromatic carbocycles. The van der Waals surface area contributed by atoms with Gasteiger partial charge in [0.05, 0.1) is 5.69 Å². The summed E-state index contributed by atoms with van der Waals surface area (Å²) in [7, 11) is 0. The van der Waals surface area contributed by atoms with Crippen molar-refractivity contribution in [1.82, 2.24) is 24.8 Å². The molecule has 0 amide bonds. The smallest absolute Gasteiger partial charge is 0.306 e. The van der Waals surface area contributed by atoms with Crippen LogP contribution < -0.4 is 5.56 Å². The zero-order valence-electron chi connectivity index (χ0n) is 14.7. The molecular weight excluding hydrogens is 371 g/mol. The van der Waals surface area contributed by atoms with Gasteiger partial charge in [0.1, 0.15) is 11.5 Å². The van der Waals surface area contributed by atoms with Crippen LogP contribution in [0.4, 0.5) is 13.2 Å². The van der Waals surface area contributed by atoms with Gasteiger partial charge in [-0.05, 0) is 30.2 Å². The molecule has 1 aliphatic heterocycles. The van der Waals surface area contributed by atoms with E-state index < -0.39 is 11.9 Å². The van der Waals surface area contributed by atoms with Gasteiger partial charge in [0, 0.05) is 49.4 Å². The predicted octanol–water partition coefficient (Wildman–Crippen LogP) is 2.80. The van der Waals surface area contributed by atoms with Gasteiger partial charge in [0.25, 0.3) is 5.56 Å². The summed E-state index contributed by atoms with van der Waals surface area (Å²) < 4.78 is 37.9. The van der Waals surface area contributed by atoms with Gasteiger partial charge in [-0.1, -0.05) is 6.07 Å². The fourth-order valence-corrected chi connectivity index (χ4v) is 3.22. The number of nitrogens with zero attached hydrogens (tertiary/aromatic N) is 4. The minimum atomic E-state index is -4.45. The Balaban J connectivity index is 1.54. The molecule has 0 fully saturated rings. The average Bonchev–Trinajstić information content (AvgIpc) is 2.68. The molecule has 0 radical (unpaired) electrons. The minimum Gasteiger partial charge on any atom is -0.306 e. The second-order valence-electron chi connectivity index (χ2n) is 6.59. The van der Waals surface area contributed by atoms with Gasteiger partial charge in [-0.15, -0.1) is 0 Å². The summed E-state index contributed by atoms with van der Waals surface area (Å²) in [5.74, 6) is 0.476. The van der Waals surface area contributed by atoms with Crippen LogP contribution in [0.25, 0.3) is 11.4 Å². The van der Waals surface area contributed by atoms with Gasteiger partial charge in [-0.2, -0.15) is 13.2 Å². The predicted molar refractivity (Wildman–Crippen MR) is 95.1 cm³/mol. The van der Waals surface area contributed by atoms with Crippen molar-refractivity contribution < 1.29 is 13.2 Å². The van der Waals surface area contributed by atoms with E-state index in [1.54, 1.807) is 24.5 Å². The van der Waals surface area contributed by atoms with Crippen LogP contribution in [0, 0.1) is 0 Å². The van der Waals surface area contributed by atoms with E-state index >= 15 is 0 Å². The zero-order chi connectivity index (χ0) is 19.7. The molecule has 28 heavy (non-hydrogen) atoms. The summed E-state index contributed by atoms with van der Waals surface area (Å²) in [6.45, 7) is 1.50. The highest BCUT2D eigenvalue weighted by atomic mass is 19.4. The first-order chi connectivity index (χ1) is 13.4. The summed E-state index contributed by atoms with van der Waals surface area (Å²) in [6.07, 6.45) is 0.572. The lowest BCUT2D eigenvalue weighted by atomic mass is 10.1. The number of H-pyrrole nitrogens is 1. The van der Waals surface area contributed by atoms with Crippen molar-refractivity contribution in [2.45, 2.75) is 25.7 Å². The van der Waals surface area contributed by atoms with E-state index in [2.05, 4.69) is 19.9 Å². The summed E-state index contributed by atoms with van der Waals surface area (Å²) in [5.41, 5.74) is 1.71. The fourth-order valence-electron chi connectivity index (χ4n) is 3.22. The maximum absolute atomic E-state index is 12.6. The van der Waals surface area contributed by atoms with E-state index in [1.807, 2.05) is 4.90 Å². The van der Waals surface area contributed by atoms with Crippen molar-refractivity contribution >= 4 is 0 Å². The SMILES string of the molecule is O=c1[nH]c(-c2ccncc2)nc2c1CCN(Cc1ccc(C(F)(F)F)nc1)C2. The monoisotopic (exact) mass is 387 g/mol. The molecule has 3 aromatic rings. The van der Waals surface area contributed by atoms with Gasteiger partial charge in [0.15, 0.2) is 0 Å². The van der Waals surface area contributed by atoms with Gasteiger partial charge in [-0.3, -0.25) is 19.7 Å². The van der Waals surface area contributed by atoms with Gasteiger partial charge in [0.2, 0.25) is 0 Å². The summed E-state index contributed by atoms with van der Waals surface area (Å²) in [5, 5.41) is 0. The molecule has 0 spiro atoms. The van der Waals surface area contributed by atoms with Gasteiger partial charge >= 0.3 is 6.18 Å². The van der Waals surface area contributed by atoms with Crippen molar-refractivity contribution in [3.05, 3.63) is 75.7 Å². The maximum Gasteiger partial charge on any atom is 0.433 e. The van der Waals surface area contributed by atoms with Crippen LogP contribution in [-0.4, -0.2) is 31.4 Å². The van der Waals surface area contributed by atoms with Crippen molar-refractivity contribution in [2.24, 2.45) is 0 Å². The third-order valence-corrected chi connectivity index (χ3v) is 4.63. The van der Waals surface area contributed by atoms with Crippen LogP contribution in [-0.2, 0) is 25.7 Å². The normalized spacial score (nSPS) is 14.7. The molecule has 144 valence electrons. The molecule has 1 N–H and O–H groups in total. The highest BCUT2D eigenvalue weighted by molar-refractivity contribution is 5.54. The van der Waals surface area contributed by atoms with E-state index in [9.17, 15) is 18.0 Å². The molecule has 4 rings (SSSR count). The zero-order valence-corrected chi connectivity index (χ0v) is 14.7. The van der Waals surface area contributed by atoms with Crippen LogP contribution >= 0.6 is 0 Å². The minimum absolute atomic E-state index is 0.160. The molecule has 0 bridgehead atoms. The Bertz CT molecular complexity index is 1030. The number of aromatic nitrogens is 4. The number of alkyl halides is 3. The van der Waals surface area contributed by atoms with E-state index in [1.165, 1.54) is 12.3 Å². The Kier molecular flexibility index (Phi) is 4.68. The quantitative estimate of drug-likeness (QED) is 0.748. The highest BCUT2D eigenvalue weighted by Crippen LogP contribution is 2.27. The lowest BCUT2D eigenvalue weighted by molar-refractivity contribution is -0.141. The fraction of sp³-hybridized carbons (Fsp3) is 0.263. The Hall–Kier alpha value is -3.07. The first-order valence-corrected chi connectivity index (χ1v) is 8.67. The molecular formula is C19H16F3N5O. The van der Waals surface area contributed by atoms with E-state index in [0.717, 1.165) is 11.6 Å². The number of hydrogen-bond acceptors (Lipinski definition) is 5. The Labute approximate surface area is 158 Å². The topological polar surface area (TPSA) is 74.8 Å². The van der Waals surface area contributed by atoms with E-state index in [-0.39, 0.29) is 5.56 Å². The van der Waals surface area contributed by atoms with E-state index in [4.69, 9.17) is 0 Å². The van der Waals surface area contributed by atoms with Gasteiger partial charge < -0.3 is 4.98 Å². The van der Waals surface area contributed by atoms with Crippen molar-refractivity contribution in [1.29, 1.82) is 0 Å². The first-order valence-electron chi connectivity index (χ1n) is 8.67. The molecule has 6 nitrogen and oxygen atoms in total. The number of pyridine rings is 2.